The monoisotopic (exact) mass is 321 g/mol. The number of carbonyl (C=O) groups is 1. The standard InChI is InChI=1S/C13H16ClNO4.ClH/c1-17-8-3-4-12(10(14)5-8)19-9-6-11(15-7-9)13(16)18-2;/h3-5,9,11,15H,6-7H2,1-2H3;1H. The van der Waals surface area contributed by atoms with Crippen molar-refractivity contribution < 1.29 is 19.0 Å². The lowest BCUT2D eigenvalue weighted by Gasteiger charge is -2.14. The van der Waals surface area contributed by atoms with Gasteiger partial charge in [-0.1, -0.05) is 11.6 Å². The summed E-state index contributed by atoms with van der Waals surface area (Å²) in [6.07, 6.45) is 0.463. The Kier molecular flexibility index (Phi) is 6.39. The molecule has 2 atom stereocenters. The van der Waals surface area contributed by atoms with E-state index in [0.29, 0.717) is 29.5 Å². The quantitative estimate of drug-likeness (QED) is 0.860. The Balaban J connectivity index is 0.00000200. The largest absolute Gasteiger partial charge is 0.497 e. The van der Waals surface area contributed by atoms with Gasteiger partial charge in [0, 0.05) is 19.0 Å². The molecule has 2 unspecified atom stereocenters. The number of methoxy groups -OCH3 is 2. The Morgan fingerprint density at radius 2 is 2.15 bits per heavy atom. The van der Waals surface area contributed by atoms with E-state index in [0.717, 1.165) is 0 Å². The van der Waals surface area contributed by atoms with E-state index in [1.165, 1.54) is 7.11 Å². The molecule has 1 aromatic rings. The molecule has 0 spiro atoms. The zero-order valence-corrected chi connectivity index (χ0v) is 12.8. The summed E-state index contributed by atoms with van der Waals surface area (Å²) in [5.74, 6) is 0.987. The second kappa shape index (κ2) is 7.57. The first-order chi connectivity index (χ1) is 9.13. The smallest absolute Gasteiger partial charge is 0.323 e. The molecule has 1 fully saturated rings. The average Bonchev–Trinajstić information content (AvgIpc) is 2.88. The number of rotatable bonds is 4. The molecule has 0 radical (unpaired) electrons. The maximum absolute atomic E-state index is 11.4. The van der Waals surface area contributed by atoms with E-state index in [1.807, 2.05) is 0 Å². The average molecular weight is 322 g/mol. The van der Waals surface area contributed by atoms with Crippen LogP contribution < -0.4 is 14.8 Å². The lowest BCUT2D eigenvalue weighted by molar-refractivity contribution is -0.142. The highest BCUT2D eigenvalue weighted by molar-refractivity contribution is 6.32. The molecule has 5 nitrogen and oxygen atoms in total. The first kappa shape index (κ1) is 16.9. The first-order valence-corrected chi connectivity index (χ1v) is 6.33. The van der Waals surface area contributed by atoms with Gasteiger partial charge in [-0.15, -0.1) is 12.4 Å². The molecule has 1 aliphatic rings. The number of esters is 1. The number of hydrogen-bond acceptors (Lipinski definition) is 5. The summed E-state index contributed by atoms with van der Waals surface area (Å²) in [4.78, 5) is 11.4. The minimum absolute atomic E-state index is 0. The Morgan fingerprint density at radius 3 is 2.75 bits per heavy atom. The Morgan fingerprint density at radius 1 is 1.40 bits per heavy atom. The number of carbonyl (C=O) groups excluding carboxylic acids is 1. The van der Waals surface area contributed by atoms with E-state index in [-0.39, 0.29) is 30.5 Å². The van der Waals surface area contributed by atoms with Gasteiger partial charge in [0.2, 0.25) is 0 Å². The van der Waals surface area contributed by atoms with Crippen molar-refractivity contribution in [3.8, 4) is 11.5 Å². The lowest BCUT2D eigenvalue weighted by Crippen LogP contribution is -2.31. The second-order valence-corrected chi connectivity index (χ2v) is 4.66. The van der Waals surface area contributed by atoms with Crippen LogP contribution in [-0.2, 0) is 9.53 Å². The van der Waals surface area contributed by atoms with Crippen LogP contribution in [0.3, 0.4) is 0 Å². The van der Waals surface area contributed by atoms with Gasteiger partial charge < -0.3 is 19.5 Å². The van der Waals surface area contributed by atoms with Crippen LogP contribution in [-0.4, -0.2) is 38.9 Å². The van der Waals surface area contributed by atoms with Crippen molar-refractivity contribution in [1.29, 1.82) is 0 Å². The summed E-state index contributed by atoms with van der Waals surface area (Å²) < 4.78 is 15.5. The maximum atomic E-state index is 11.4. The summed E-state index contributed by atoms with van der Waals surface area (Å²) in [5.41, 5.74) is 0. The number of halogens is 2. The molecule has 1 aliphatic heterocycles. The van der Waals surface area contributed by atoms with Gasteiger partial charge in [0.1, 0.15) is 23.6 Å². The van der Waals surface area contributed by atoms with Crippen LogP contribution in [0.25, 0.3) is 0 Å². The molecule has 0 amide bonds. The Hall–Kier alpha value is -1.17. The molecule has 0 saturated carbocycles. The molecular weight excluding hydrogens is 305 g/mol. The van der Waals surface area contributed by atoms with Gasteiger partial charge in [-0.3, -0.25) is 4.79 Å². The molecule has 2 rings (SSSR count). The van der Waals surface area contributed by atoms with Gasteiger partial charge in [0.05, 0.1) is 19.2 Å². The molecule has 20 heavy (non-hydrogen) atoms. The van der Waals surface area contributed by atoms with Gasteiger partial charge >= 0.3 is 5.97 Å². The summed E-state index contributed by atoms with van der Waals surface area (Å²) >= 11 is 6.10. The minimum Gasteiger partial charge on any atom is -0.497 e. The highest BCUT2D eigenvalue weighted by Gasteiger charge is 2.31. The van der Waals surface area contributed by atoms with Crippen LogP contribution in [0.5, 0.6) is 11.5 Å². The predicted molar refractivity (Wildman–Crippen MR) is 78.1 cm³/mol. The summed E-state index contributed by atoms with van der Waals surface area (Å²) in [6.45, 7) is 0.585. The molecular formula is C13H17Cl2NO4. The zero-order valence-electron chi connectivity index (χ0n) is 11.2. The molecule has 1 N–H and O–H groups in total. The predicted octanol–water partition coefficient (Wildman–Crippen LogP) is 2.05. The lowest BCUT2D eigenvalue weighted by atomic mass is 10.2. The highest BCUT2D eigenvalue weighted by Crippen LogP contribution is 2.30. The number of ether oxygens (including phenoxy) is 3. The van der Waals surface area contributed by atoms with E-state index in [4.69, 9.17) is 21.1 Å². The number of hydrogen-bond donors (Lipinski definition) is 1. The molecule has 1 heterocycles. The topological polar surface area (TPSA) is 56.8 Å². The van der Waals surface area contributed by atoms with E-state index >= 15 is 0 Å². The van der Waals surface area contributed by atoms with Crippen molar-refractivity contribution in [3.63, 3.8) is 0 Å². The third-order valence-electron chi connectivity index (χ3n) is 3.01. The molecule has 1 saturated heterocycles. The summed E-state index contributed by atoms with van der Waals surface area (Å²) in [5, 5.41) is 3.54. The summed E-state index contributed by atoms with van der Waals surface area (Å²) in [7, 11) is 2.95. The minimum atomic E-state index is -0.313. The van der Waals surface area contributed by atoms with Crippen LogP contribution in [0, 0.1) is 0 Å². The van der Waals surface area contributed by atoms with Crippen molar-refractivity contribution in [2.45, 2.75) is 18.6 Å². The molecule has 0 aliphatic carbocycles. The zero-order chi connectivity index (χ0) is 13.8. The third-order valence-corrected chi connectivity index (χ3v) is 3.30. The molecule has 0 bridgehead atoms. The van der Waals surface area contributed by atoms with Gasteiger partial charge in [-0.25, -0.2) is 0 Å². The molecule has 112 valence electrons. The highest BCUT2D eigenvalue weighted by atomic mass is 35.5. The van der Waals surface area contributed by atoms with Crippen molar-refractivity contribution in [2.24, 2.45) is 0 Å². The molecule has 7 heteroatoms. The van der Waals surface area contributed by atoms with Gasteiger partial charge in [0.15, 0.2) is 0 Å². The van der Waals surface area contributed by atoms with Crippen molar-refractivity contribution >= 4 is 30.0 Å². The van der Waals surface area contributed by atoms with Crippen molar-refractivity contribution in [1.82, 2.24) is 5.32 Å². The Labute approximate surface area is 128 Å². The fourth-order valence-corrected chi connectivity index (χ4v) is 2.21. The normalized spacial score (nSPS) is 20.9. The Bertz CT molecular complexity index is 470. The van der Waals surface area contributed by atoms with E-state index < -0.39 is 0 Å². The second-order valence-electron chi connectivity index (χ2n) is 4.26. The summed E-state index contributed by atoms with van der Waals surface area (Å²) in [6, 6.07) is 4.91. The van der Waals surface area contributed by atoms with Crippen molar-refractivity contribution in [2.75, 3.05) is 20.8 Å². The van der Waals surface area contributed by atoms with Crippen LogP contribution in [0.2, 0.25) is 5.02 Å². The maximum Gasteiger partial charge on any atom is 0.323 e. The van der Waals surface area contributed by atoms with Gasteiger partial charge in [-0.2, -0.15) is 0 Å². The number of nitrogens with one attached hydrogen (secondary N) is 1. The van der Waals surface area contributed by atoms with E-state index in [9.17, 15) is 4.79 Å². The van der Waals surface area contributed by atoms with E-state index in [1.54, 1.807) is 25.3 Å². The van der Waals surface area contributed by atoms with Crippen LogP contribution in [0.1, 0.15) is 6.42 Å². The van der Waals surface area contributed by atoms with Crippen molar-refractivity contribution in [3.05, 3.63) is 23.2 Å². The van der Waals surface area contributed by atoms with Crippen LogP contribution in [0.4, 0.5) is 0 Å². The fraction of sp³-hybridized carbons (Fsp3) is 0.462. The van der Waals surface area contributed by atoms with Crippen LogP contribution >= 0.6 is 24.0 Å². The third kappa shape index (κ3) is 3.91. The fourth-order valence-electron chi connectivity index (χ4n) is 2.00. The molecule has 1 aromatic carbocycles. The SMILES string of the molecule is COC(=O)C1CC(Oc2ccc(OC)cc2Cl)CN1.Cl. The number of benzene rings is 1. The van der Waals surface area contributed by atoms with Gasteiger partial charge in [-0.05, 0) is 12.1 Å². The van der Waals surface area contributed by atoms with Crippen LogP contribution in [0.15, 0.2) is 18.2 Å². The van der Waals surface area contributed by atoms with E-state index in [2.05, 4.69) is 10.1 Å². The molecule has 0 aromatic heterocycles. The van der Waals surface area contributed by atoms with Gasteiger partial charge in [0.25, 0.3) is 0 Å². The first-order valence-electron chi connectivity index (χ1n) is 5.95.